The maximum atomic E-state index is 5.45. The van der Waals surface area contributed by atoms with E-state index in [0.29, 0.717) is 6.04 Å². The van der Waals surface area contributed by atoms with Crippen LogP contribution in [0.25, 0.3) is 0 Å². The molecule has 1 aliphatic heterocycles. The van der Waals surface area contributed by atoms with Gasteiger partial charge in [-0.2, -0.15) is 5.10 Å². The fourth-order valence-corrected chi connectivity index (χ4v) is 4.26. The second-order valence-electron chi connectivity index (χ2n) is 7.94. The molecule has 0 saturated carbocycles. The van der Waals surface area contributed by atoms with Gasteiger partial charge < -0.3 is 15.4 Å². The molecule has 0 radical (unpaired) electrons. The van der Waals surface area contributed by atoms with Crippen LogP contribution >= 0.6 is 0 Å². The van der Waals surface area contributed by atoms with Gasteiger partial charge in [0.15, 0.2) is 5.96 Å². The second kappa shape index (κ2) is 10.5. The molecular weight excluding hydrogens is 376 g/mol. The van der Waals surface area contributed by atoms with E-state index in [1.54, 1.807) is 7.11 Å². The Bertz CT molecular complexity index is 853. The topological polar surface area (TPSA) is 66.7 Å². The van der Waals surface area contributed by atoms with Crippen LogP contribution in [0, 0.1) is 13.8 Å². The van der Waals surface area contributed by atoms with Gasteiger partial charge in [-0.25, -0.2) is 0 Å². The van der Waals surface area contributed by atoms with Crippen LogP contribution in [0.3, 0.4) is 0 Å². The number of rotatable bonds is 8. The van der Waals surface area contributed by atoms with Gasteiger partial charge in [0.25, 0.3) is 0 Å². The molecule has 3 rings (SSSR count). The zero-order chi connectivity index (χ0) is 21.5. The maximum Gasteiger partial charge on any atom is 0.191 e. The minimum absolute atomic E-state index is 0.295. The number of benzene rings is 1. The summed E-state index contributed by atoms with van der Waals surface area (Å²) in [6.07, 6.45) is 3.45. The quantitative estimate of drug-likeness (QED) is 0.515. The molecule has 30 heavy (non-hydrogen) atoms. The molecule has 0 bridgehead atoms. The minimum atomic E-state index is 0.295. The number of nitrogens with zero attached hydrogens (tertiary/aromatic N) is 4. The standard InChI is InChI=1S/C23H36N6O/c1-17-21(18(2)28(4)27-17)11-12-25-23(24-3)26-16-22(29-13-6-7-14-29)19-9-8-10-20(15-19)30-5/h8-10,15,22H,6-7,11-14,16H2,1-5H3,(H2,24,25,26). The van der Waals surface area contributed by atoms with Crippen molar-refractivity contribution >= 4 is 5.96 Å². The van der Waals surface area contributed by atoms with E-state index in [-0.39, 0.29) is 0 Å². The Kier molecular flexibility index (Phi) is 7.74. The molecule has 0 aliphatic carbocycles. The average molecular weight is 413 g/mol. The van der Waals surface area contributed by atoms with E-state index < -0.39 is 0 Å². The summed E-state index contributed by atoms with van der Waals surface area (Å²) in [5.74, 6) is 1.74. The Morgan fingerprint density at radius 1 is 1.23 bits per heavy atom. The third kappa shape index (κ3) is 5.33. The van der Waals surface area contributed by atoms with Crippen molar-refractivity contribution in [2.75, 3.05) is 40.3 Å². The van der Waals surface area contributed by atoms with Crippen molar-refractivity contribution in [2.45, 2.75) is 39.2 Å². The van der Waals surface area contributed by atoms with Gasteiger partial charge in [0.05, 0.1) is 18.8 Å². The highest BCUT2D eigenvalue weighted by atomic mass is 16.5. The van der Waals surface area contributed by atoms with Gasteiger partial charge in [0.2, 0.25) is 0 Å². The zero-order valence-electron chi connectivity index (χ0n) is 19.0. The van der Waals surface area contributed by atoms with Crippen LogP contribution in [0.15, 0.2) is 29.3 Å². The summed E-state index contributed by atoms with van der Waals surface area (Å²) in [5, 5.41) is 11.5. The third-order valence-electron chi connectivity index (χ3n) is 6.07. The molecule has 2 aromatic rings. The van der Waals surface area contributed by atoms with Gasteiger partial charge >= 0.3 is 0 Å². The highest BCUT2D eigenvalue weighted by molar-refractivity contribution is 5.79. The summed E-state index contributed by atoms with van der Waals surface area (Å²) in [6, 6.07) is 8.71. The minimum Gasteiger partial charge on any atom is -0.497 e. The summed E-state index contributed by atoms with van der Waals surface area (Å²) in [5.41, 5.74) is 4.92. The summed E-state index contributed by atoms with van der Waals surface area (Å²) in [6.45, 7) is 8.09. The van der Waals surface area contributed by atoms with E-state index in [0.717, 1.165) is 50.0 Å². The lowest BCUT2D eigenvalue weighted by molar-refractivity contribution is 0.245. The number of ether oxygens (including phenoxy) is 1. The first-order valence-corrected chi connectivity index (χ1v) is 10.8. The van der Waals surface area contributed by atoms with Crippen molar-refractivity contribution in [1.82, 2.24) is 25.3 Å². The van der Waals surface area contributed by atoms with Crippen molar-refractivity contribution in [3.05, 3.63) is 46.8 Å². The number of hydrogen-bond acceptors (Lipinski definition) is 4. The first kappa shape index (κ1) is 22.2. The normalized spacial score (nSPS) is 16.0. The Morgan fingerprint density at radius 2 is 2.00 bits per heavy atom. The van der Waals surface area contributed by atoms with E-state index in [1.165, 1.54) is 29.7 Å². The van der Waals surface area contributed by atoms with Crippen LogP contribution < -0.4 is 15.4 Å². The van der Waals surface area contributed by atoms with Crippen molar-refractivity contribution in [2.24, 2.45) is 12.0 Å². The lowest BCUT2D eigenvalue weighted by Crippen LogP contribution is -2.43. The Morgan fingerprint density at radius 3 is 2.63 bits per heavy atom. The molecule has 1 fully saturated rings. The van der Waals surface area contributed by atoms with Gasteiger partial charge in [0, 0.05) is 32.9 Å². The van der Waals surface area contributed by atoms with Crippen LogP contribution in [-0.4, -0.2) is 61.0 Å². The number of methoxy groups -OCH3 is 1. The highest BCUT2D eigenvalue weighted by Crippen LogP contribution is 2.27. The van der Waals surface area contributed by atoms with Gasteiger partial charge in [-0.15, -0.1) is 0 Å². The van der Waals surface area contributed by atoms with Crippen LogP contribution in [-0.2, 0) is 13.5 Å². The van der Waals surface area contributed by atoms with Crippen LogP contribution in [0.4, 0.5) is 0 Å². The van der Waals surface area contributed by atoms with E-state index in [1.807, 2.05) is 24.8 Å². The molecule has 1 saturated heterocycles. The third-order valence-corrected chi connectivity index (χ3v) is 6.07. The number of aryl methyl sites for hydroxylation is 2. The monoisotopic (exact) mass is 412 g/mol. The van der Waals surface area contributed by atoms with Crippen molar-refractivity contribution in [3.63, 3.8) is 0 Å². The zero-order valence-corrected chi connectivity index (χ0v) is 19.0. The van der Waals surface area contributed by atoms with Crippen LogP contribution in [0.1, 0.15) is 41.4 Å². The summed E-state index contributed by atoms with van der Waals surface area (Å²) in [7, 11) is 5.54. The Hall–Kier alpha value is -2.54. The van der Waals surface area contributed by atoms with E-state index >= 15 is 0 Å². The van der Waals surface area contributed by atoms with Crippen LogP contribution in [0.2, 0.25) is 0 Å². The number of hydrogen-bond donors (Lipinski definition) is 2. The van der Waals surface area contributed by atoms with E-state index in [9.17, 15) is 0 Å². The number of likely N-dealkylation sites (tertiary alicyclic amines) is 1. The van der Waals surface area contributed by atoms with E-state index in [2.05, 4.69) is 57.7 Å². The molecule has 1 aromatic heterocycles. The first-order chi connectivity index (χ1) is 14.5. The predicted molar refractivity (Wildman–Crippen MR) is 122 cm³/mol. The smallest absolute Gasteiger partial charge is 0.191 e. The SMILES string of the molecule is CN=C(NCCc1c(C)nn(C)c1C)NCC(c1cccc(OC)c1)N1CCCC1. The molecule has 2 N–H and O–H groups in total. The largest absolute Gasteiger partial charge is 0.497 e. The fraction of sp³-hybridized carbons (Fsp3) is 0.565. The lowest BCUT2D eigenvalue weighted by atomic mass is 10.1. The van der Waals surface area contributed by atoms with Crippen LogP contribution in [0.5, 0.6) is 5.75 Å². The Balaban J connectivity index is 1.60. The molecule has 0 spiro atoms. The molecule has 2 heterocycles. The molecular formula is C23H36N6O. The van der Waals surface area contributed by atoms with Gasteiger partial charge in [-0.1, -0.05) is 12.1 Å². The lowest BCUT2D eigenvalue weighted by Gasteiger charge is -2.29. The Labute approximate surface area is 180 Å². The summed E-state index contributed by atoms with van der Waals surface area (Å²) < 4.78 is 7.40. The van der Waals surface area contributed by atoms with E-state index in [4.69, 9.17) is 4.74 Å². The molecule has 1 unspecified atom stereocenters. The first-order valence-electron chi connectivity index (χ1n) is 10.8. The number of aromatic nitrogens is 2. The predicted octanol–water partition coefficient (Wildman–Crippen LogP) is 2.59. The summed E-state index contributed by atoms with van der Waals surface area (Å²) >= 11 is 0. The highest BCUT2D eigenvalue weighted by Gasteiger charge is 2.24. The fourth-order valence-electron chi connectivity index (χ4n) is 4.26. The van der Waals surface area contributed by atoms with Gasteiger partial charge in [0.1, 0.15) is 5.75 Å². The molecule has 7 heteroatoms. The van der Waals surface area contributed by atoms with Crippen molar-refractivity contribution in [3.8, 4) is 5.75 Å². The van der Waals surface area contributed by atoms with Crippen molar-refractivity contribution < 1.29 is 4.74 Å². The number of nitrogens with one attached hydrogen (secondary N) is 2. The van der Waals surface area contributed by atoms with Gasteiger partial charge in [-0.3, -0.25) is 14.6 Å². The molecule has 0 amide bonds. The molecule has 7 nitrogen and oxygen atoms in total. The van der Waals surface area contributed by atoms with Gasteiger partial charge in [-0.05, 0) is 69.5 Å². The number of aliphatic imine (C=N–C) groups is 1. The maximum absolute atomic E-state index is 5.45. The summed E-state index contributed by atoms with van der Waals surface area (Å²) in [4.78, 5) is 6.98. The number of guanidine groups is 1. The molecule has 164 valence electrons. The van der Waals surface area contributed by atoms with Crippen molar-refractivity contribution in [1.29, 1.82) is 0 Å². The molecule has 1 atom stereocenters. The second-order valence-corrected chi connectivity index (χ2v) is 7.94. The molecule has 1 aromatic carbocycles. The average Bonchev–Trinajstić information content (AvgIpc) is 3.36. The molecule has 1 aliphatic rings.